The van der Waals surface area contributed by atoms with Crippen LogP contribution in [0.2, 0.25) is 0 Å². The molecule has 0 aliphatic carbocycles. The van der Waals surface area contributed by atoms with Crippen molar-refractivity contribution in [3.63, 3.8) is 0 Å². The van der Waals surface area contributed by atoms with E-state index in [1.165, 1.54) is 0 Å². The number of aliphatic carboxylic acids is 1. The van der Waals surface area contributed by atoms with Crippen LogP contribution in [0.1, 0.15) is 19.8 Å². The smallest absolute Gasteiger partial charge is 1.00 e. The van der Waals surface area contributed by atoms with Gasteiger partial charge in [-0.1, -0.05) is 24.3 Å². The molecule has 4 heteroatoms. The van der Waals surface area contributed by atoms with Gasteiger partial charge in [0.2, 0.25) is 0 Å². The third-order valence-corrected chi connectivity index (χ3v) is 2.94. The Morgan fingerprint density at radius 2 is 1.83 bits per heavy atom. The van der Waals surface area contributed by atoms with E-state index >= 15 is 0 Å². The maximum atomic E-state index is 10.9. The Morgan fingerprint density at radius 1 is 1.22 bits per heavy atom. The first kappa shape index (κ1) is 15.0. The first-order chi connectivity index (χ1) is 8.11. The summed E-state index contributed by atoms with van der Waals surface area (Å²) in [5.41, 5.74) is 0.815. The Balaban J connectivity index is 0.00000162. The van der Waals surface area contributed by atoms with Crippen LogP contribution in [0.25, 0.3) is 10.8 Å². The van der Waals surface area contributed by atoms with Gasteiger partial charge in [0.15, 0.2) is 0 Å². The van der Waals surface area contributed by atoms with E-state index in [4.69, 9.17) is 9.84 Å². The maximum Gasteiger partial charge on any atom is 1.00 e. The molecule has 90 valence electrons. The number of benzene rings is 2. The van der Waals surface area contributed by atoms with Crippen molar-refractivity contribution in [3.05, 3.63) is 42.0 Å². The van der Waals surface area contributed by atoms with Crippen molar-refractivity contribution in [1.29, 1.82) is 0 Å². The van der Waals surface area contributed by atoms with Crippen LogP contribution in [-0.2, 0) is 4.79 Å². The maximum absolute atomic E-state index is 10.9. The molecular formula is C14H15NaO3. The van der Waals surface area contributed by atoms with Crippen LogP contribution in [0.3, 0.4) is 0 Å². The molecule has 2 aromatic carbocycles. The van der Waals surface area contributed by atoms with Gasteiger partial charge in [0.05, 0.1) is 13.0 Å². The predicted octanol–water partition coefficient (Wildman–Crippen LogP) is 0.153. The Labute approximate surface area is 130 Å². The van der Waals surface area contributed by atoms with Crippen LogP contribution < -0.4 is 34.3 Å². The van der Waals surface area contributed by atoms with Gasteiger partial charge in [-0.3, -0.25) is 4.79 Å². The zero-order valence-electron chi connectivity index (χ0n) is 11.8. The van der Waals surface area contributed by atoms with E-state index in [0.29, 0.717) is 0 Å². The van der Waals surface area contributed by atoms with Crippen LogP contribution in [0.15, 0.2) is 36.4 Å². The monoisotopic (exact) mass is 254 g/mol. The number of hydrogen-bond acceptors (Lipinski definition) is 2. The molecule has 1 N–H and O–H groups in total. The third kappa shape index (κ3) is 3.05. The van der Waals surface area contributed by atoms with Crippen molar-refractivity contribution in [1.82, 2.24) is 0 Å². The van der Waals surface area contributed by atoms with Gasteiger partial charge >= 0.3 is 35.5 Å². The first-order valence-electron chi connectivity index (χ1n) is 5.42. The fourth-order valence-electron chi connectivity index (χ4n) is 1.78. The molecular weight excluding hydrogens is 239 g/mol. The number of hydrogen-bond donors (Lipinski definition) is 1. The second-order valence-electron chi connectivity index (χ2n) is 4.03. The summed E-state index contributed by atoms with van der Waals surface area (Å²) >= 11 is 0. The van der Waals surface area contributed by atoms with E-state index in [9.17, 15) is 4.79 Å². The Hall–Kier alpha value is -1.03. The second kappa shape index (κ2) is 6.23. The number of methoxy groups -OCH3 is 1. The van der Waals surface area contributed by atoms with Gasteiger partial charge in [0.1, 0.15) is 5.75 Å². The van der Waals surface area contributed by atoms with Gasteiger partial charge in [-0.15, -0.1) is 0 Å². The van der Waals surface area contributed by atoms with E-state index in [2.05, 4.69) is 0 Å². The molecule has 0 bridgehead atoms. The summed E-state index contributed by atoms with van der Waals surface area (Å²) in [5.74, 6) is -0.490. The Morgan fingerprint density at radius 3 is 2.44 bits per heavy atom. The Bertz CT molecular complexity index is 572. The zero-order chi connectivity index (χ0) is 12.4. The molecule has 0 radical (unpaired) electrons. The molecule has 2 rings (SSSR count). The predicted molar refractivity (Wildman–Crippen MR) is 67.7 cm³/mol. The van der Waals surface area contributed by atoms with Crippen molar-refractivity contribution in [2.75, 3.05) is 7.11 Å². The summed E-state index contributed by atoms with van der Waals surface area (Å²) in [6.45, 7) is 1.69. The van der Waals surface area contributed by atoms with E-state index < -0.39 is 11.9 Å². The topological polar surface area (TPSA) is 46.5 Å². The quantitative estimate of drug-likeness (QED) is 0.793. The van der Waals surface area contributed by atoms with Crippen molar-refractivity contribution in [2.45, 2.75) is 12.8 Å². The molecule has 0 amide bonds. The molecule has 18 heavy (non-hydrogen) atoms. The van der Waals surface area contributed by atoms with E-state index in [1.807, 2.05) is 36.4 Å². The molecule has 1 atom stereocenters. The molecule has 0 saturated carbocycles. The van der Waals surface area contributed by atoms with Crippen LogP contribution >= 0.6 is 0 Å². The molecule has 3 nitrogen and oxygen atoms in total. The molecule has 2 aromatic rings. The van der Waals surface area contributed by atoms with Crippen molar-refractivity contribution in [2.24, 2.45) is 0 Å². The third-order valence-electron chi connectivity index (χ3n) is 2.94. The molecule has 0 unspecified atom stereocenters. The van der Waals surface area contributed by atoms with Crippen molar-refractivity contribution in [3.8, 4) is 5.75 Å². The van der Waals surface area contributed by atoms with Crippen LogP contribution in [0.5, 0.6) is 5.75 Å². The molecule has 0 aliphatic heterocycles. The standard InChI is InChI=1S/C14H14O3.Na.H/c1-9(14(15)16)10-3-4-12-8-13(17-2)6-5-11(12)7-10;;/h3-9H,1-2H3,(H,15,16);;/q;+1;-1/t9-;;/m0../s1. The minimum atomic E-state index is -0.808. The summed E-state index contributed by atoms with van der Waals surface area (Å²) in [4.78, 5) is 10.9. The van der Waals surface area contributed by atoms with Gasteiger partial charge in [-0.2, -0.15) is 0 Å². The summed E-state index contributed by atoms with van der Waals surface area (Å²) < 4.78 is 5.14. The van der Waals surface area contributed by atoms with Crippen molar-refractivity contribution < 1.29 is 45.6 Å². The minimum absolute atomic E-state index is 0. The van der Waals surface area contributed by atoms with Crippen LogP contribution in [-0.4, -0.2) is 18.2 Å². The molecule has 0 aliphatic rings. The number of rotatable bonds is 3. The van der Waals surface area contributed by atoms with Crippen LogP contribution in [0, 0.1) is 0 Å². The molecule has 0 spiro atoms. The Kier molecular flexibility index (Phi) is 5.20. The summed E-state index contributed by atoms with van der Waals surface area (Å²) in [6.07, 6.45) is 0. The zero-order valence-corrected chi connectivity index (χ0v) is 12.8. The van der Waals surface area contributed by atoms with Gasteiger partial charge in [0, 0.05) is 0 Å². The first-order valence-corrected chi connectivity index (χ1v) is 5.42. The number of carboxylic acid groups (broad SMARTS) is 1. The summed E-state index contributed by atoms with van der Waals surface area (Å²) in [6, 6.07) is 11.4. The van der Waals surface area contributed by atoms with Gasteiger partial charge in [0.25, 0.3) is 0 Å². The molecule has 0 fully saturated rings. The fourth-order valence-corrected chi connectivity index (χ4v) is 1.78. The summed E-state index contributed by atoms with van der Waals surface area (Å²) in [5, 5.41) is 11.0. The van der Waals surface area contributed by atoms with Crippen molar-refractivity contribution >= 4 is 16.7 Å². The van der Waals surface area contributed by atoms with Gasteiger partial charge < -0.3 is 11.3 Å². The fraction of sp³-hybridized carbons (Fsp3) is 0.214. The SMILES string of the molecule is COc1ccc2cc([C@H](C)C(=O)O)ccc2c1.[H-].[Na+]. The van der Waals surface area contributed by atoms with E-state index in [1.54, 1.807) is 14.0 Å². The van der Waals surface area contributed by atoms with E-state index in [0.717, 1.165) is 22.1 Å². The molecule has 0 aromatic heterocycles. The van der Waals surface area contributed by atoms with Gasteiger partial charge in [-0.25, -0.2) is 0 Å². The van der Waals surface area contributed by atoms with E-state index in [-0.39, 0.29) is 31.0 Å². The average molecular weight is 254 g/mol. The number of ether oxygens (including phenoxy) is 1. The summed E-state index contributed by atoms with van der Waals surface area (Å²) in [7, 11) is 1.63. The largest absolute Gasteiger partial charge is 1.00 e. The second-order valence-corrected chi connectivity index (χ2v) is 4.03. The molecule has 0 heterocycles. The minimum Gasteiger partial charge on any atom is -1.00 e. The van der Waals surface area contributed by atoms with Gasteiger partial charge in [-0.05, 0) is 35.4 Å². The van der Waals surface area contributed by atoms with Crippen LogP contribution in [0.4, 0.5) is 0 Å². The average Bonchev–Trinajstić information content (AvgIpc) is 2.36. The number of carbonyl (C=O) groups is 1. The molecule has 0 saturated heterocycles. The number of fused-ring (bicyclic) bond motifs is 1. The normalized spacial score (nSPS) is 11.7. The number of carboxylic acids is 1.